The van der Waals surface area contributed by atoms with Crippen molar-refractivity contribution in [2.24, 2.45) is 5.73 Å². The molecule has 186 valence electrons. The molecule has 0 saturated carbocycles. The summed E-state index contributed by atoms with van der Waals surface area (Å²) in [4.78, 5) is 18.4. The molecule has 0 bridgehead atoms. The monoisotopic (exact) mass is 455 g/mol. The number of primary amides is 1. The molecular formula is C20H41NO10. The average molecular weight is 456 g/mol. The number of carbonyl (C=O) groups excluding carboxylic acids is 1. The fourth-order valence-electron chi connectivity index (χ4n) is 3.04. The van der Waals surface area contributed by atoms with E-state index >= 15 is 0 Å². The van der Waals surface area contributed by atoms with E-state index in [4.69, 9.17) is 0 Å². The number of carbonyl (C=O) groups is 1. The summed E-state index contributed by atoms with van der Waals surface area (Å²) in [7, 11) is 0. The number of unbranched alkanes of at least 4 members (excludes halogenated alkanes) is 16. The highest BCUT2D eigenvalue weighted by Crippen LogP contribution is 2.14. The first-order valence-corrected chi connectivity index (χ1v) is 11.5. The van der Waals surface area contributed by atoms with E-state index in [1.54, 1.807) is 0 Å². The van der Waals surface area contributed by atoms with E-state index in [2.05, 4.69) is 57.7 Å². The van der Waals surface area contributed by atoms with Crippen LogP contribution in [0.3, 0.4) is 0 Å². The first-order valence-electron chi connectivity index (χ1n) is 11.5. The summed E-state index contributed by atoms with van der Waals surface area (Å²) >= 11 is 0. The van der Waals surface area contributed by atoms with Gasteiger partial charge in [-0.25, -0.2) is 14.6 Å². The van der Waals surface area contributed by atoms with Gasteiger partial charge in [0.2, 0.25) is 0 Å². The molecule has 0 atom stereocenters. The van der Waals surface area contributed by atoms with Gasteiger partial charge in [0, 0.05) is 20.2 Å². The van der Waals surface area contributed by atoms with Crippen molar-refractivity contribution in [2.45, 2.75) is 116 Å². The standard InChI is InChI=1S/C20H41NO10/c1-2-3-4-5-6-7-8-9-10-11-12-13-14-15-16-17-18-19-23-25-27-29-31-30-28-26-24-20(21)22/h2-19H2,1H3,(H2,21,22). The van der Waals surface area contributed by atoms with Crippen molar-refractivity contribution >= 4 is 6.09 Å². The first kappa shape index (κ1) is 29.9. The lowest BCUT2D eigenvalue weighted by atomic mass is 10.0. The number of amides is 1. The highest BCUT2D eigenvalue weighted by Gasteiger charge is 1.99. The van der Waals surface area contributed by atoms with Gasteiger partial charge in [-0.05, 0) is 21.5 Å². The van der Waals surface area contributed by atoms with E-state index in [9.17, 15) is 4.79 Å². The van der Waals surface area contributed by atoms with Crippen molar-refractivity contribution < 1.29 is 49.8 Å². The quantitative estimate of drug-likeness (QED) is 0.0916. The van der Waals surface area contributed by atoms with Gasteiger partial charge in [0.15, 0.2) is 0 Å². The van der Waals surface area contributed by atoms with Crippen LogP contribution in [-0.2, 0) is 45.0 Å². The molecular weight excluding hydrogens is 414 g/mol. The van der Waals surface area contributed by atoms with E-state index in [1.807, 2.05) is 0 Å². The Morgan fingerprint density at radius 2 is 0.871 bits per heavy atom. The first-order chi connectivity index (χ1) is 15.3. The molecule has 0 rings (SSSR count). The van der Waals surface area contributed by atoms with E-state index in [-0.39, 0.29) is 0 Å². The Labute approximate surface area is 185 Å². The van der Waals surface area contributed by atoms with Crippen LogP contribution in [0.4, 0.5) is 4.79 Å². The Hall–Kier alpha value is -1.05. The summed E-state index contributed by atoms with van der Waals surface area (Å²) < 4.78 is 0. The van der Waals surface area contributed by atoms with Gasteiger partial charge in [-0.3, -0.25) is 0 Å². The fraction of sp³-hybridized carbons (Fsp3) is 0.950. The number of nitrogens with two attached hydrogens (primary N) is 1. The molecule has 0 spiro atoms. The van der Waals surface area contributed by atoms with Crippen LogP contribution in [0.1, 0.15) is 116 Å². The minimum atomic E-state index is -1.25. The third-order valence-electron chi connectivity index (χ3n) is 4.66. The average Bonchev–Trinajstić information content (AvgIpc) is 2.76. The largest absolute Gasteiger partial charge is 0.439 e. The summed E-state index contributed by atoms with van der Waals surface area (Å²) in [6.45, 7) is 2.61. The molecule has 0 aliphatic heterocycles. The fourth-order valence-corrected chi connectivity index (χ4v) is 3.04. The second-order valence-corrected chi connectivity index (χ2v) is 7.36. The highest BCUT2D eigenvalue weighted by atomic mass is 17.9. The molecule has 11 nitrogen and oxygen atoms in total. The normalized spacial score (nSPS) is 11.1. The molecule has 0 unspecified atom stereocenters. The SMILES string of the molecule is CCCCCCCCCCCCCCCCCCCOOOOOOOOOC(N)=O. The molecule has 0 aromatic rings. The van der Waals surface area contributed by atoms with Crippen LogP contribution in [0.2, 0.25) is 0 Å². The van der Waals surface area contributed by atoms with Crippen LogP contribution in [-0.4, -0.2) is 12.7 Å². The smallest absolute Gasteiger partial charge is 0.333 e. The molecule has 31 heavy (non-hydrogen) atoms. The predicted molar refractivity (Wildman–Crippen MR) is 108 cm³/mol. The Bertz CT molecular complexity index is 363. The van der Waals surface area contributed by atoms with Gasteiger partial charge in [-0.2, -0.15) is 0 Å². The maximum Gasteiger partial charge on any atom is 0.439 e. The molecule has 1 amide bonds. The molecule has 2 N–H and O–H groups in total. The maximum atomic E-state index is 10.0. The van der Waals surface area contributed by atoms with E-state index < -0.39 is 6.09 Å². The van der Waals surface area contributed by atoms with Crippen molar-refractivity contribution in [3.05, 3.63) is 0 Å². The lowest BCUT2D eigenvalue weighted by Crippen LogP contribution is -2.14. The lowest BCUT2D eigenvalue weighted by molar-refractivity contribution is -0.828. The van der Waals surface area contributed by atoms with Crippen molar-refractivity contribution in [1.82, 2.24) is 0 Å². The summed E-state index contributed by atoms with van der Waals surface area (Å²) in [6, 6.07) is 0. The van der Waals surface area contributed by atoms with Gasteiger partial charge in [0.1, 0.15) is 0 Å². The minimum absolute atomic E-state index is 0.342. The molecule has 0 aliphatic carbocycles. The van der Waals surface area contributed by atoms with Crippen LogP contribution < -0.4 is 5.73 Å². The van der Waals surface area contributed by atoms with Crippen LogP contribution in [0.25, 0.3) is 0 Å². The van der Waals surface area contributed by atoms with Gasteiger partial charge in [-0.15, -0.1) is 0 Å². The highest BCUT2D eigenvalue weighted by molar-refractivity contribution is 5.63. The molecule has 0 aromatic heterocycles. The molecule has 0 saturated heterocycles. The number of hydrogen-bond acceptors (Lipinski definition) is 10. The molecule has 0 aromatic carbocycles. The summed E-state index contributed by atoms with van der Waals surface area (Å²) in [5, 5.41) is 26.7. The van der Waals surface area contributed by atoms with Gasteiger partial charge in [-0.1, -0.05) is 110 Å². The van der Waals surface area contributed by atoms with E-state index in [0.29, 0.717) is 6.61 Å². The van der Waals surface area contributed by atoms with Gasteiger partial charge < -0.3 is 5.73 Å². The second kappa shape index (κ2) is 27.0. The van der Waals surface area contributed by atoms with Crippen molar-refractivity contribution in [2.75, 3.05) is 6.61 Å². The third-order valence-corrected chi connectivity index (χ3v) is 4.66. The van der Waals surface area contributed by atoms with Gasteiger partial charge in [0.05, 0.1) is 6.61 Å². The molecule has 0 heterocycles. The van der Waals surface area contributed by atoms with Crippen LogP contribution in [0.15, 0.2) is 0 Å². The van der Waals surface area contributed by atoms with E-state index in [1.165, 1.54) is 96.3 Å². The zero-order valence-corrected chi connectivity index (χ0v) is 18.9. The zero-order chi connectivity index (χ0) is 22.7. The number of hydrogen-bond donors (Lipinski definition) is 1. The zero-order valence-electron chi connectivity index (χ0n) is 18.9. The third kappa shape index (κ3) is 28.9. The Morgan fingerprint density at radius 3 is 1.29 bits per heavy atom. The van der Waals surface area contributed by atoms with Gasteiger partial charge >= 0.3 is 6.09 Å². The Kier molecular flexibility index (Phi) is 26.1. The maximum absolute atomic E-state index is 10.0. The molecule has 0 radical (unpaired) electrons. The van der Waals surface area contributed by atoms with Crippen molar-refractivity contribution in [3.63, 3.8) is 0 Å². The summed E-state index contributed by atoms with van der Waals surface area (Å²) in [5.41, 5.74) is 4.54. The summed E-state index contributed by atoms with van der Waals surface area (Å²) in [6.07, 6.45) is 21.0. The van der Waals surface area contributed by atoms with Crippen LogP contribution >= 0.6 is 0 Å². The predicted octanol–water partition coefficient (Wildman–Crippen LogP) is 6.19. The van der Waals surface area contributed by atoms with Crippen LogP contribution in [0, 0.1) is 0 Å². The lowest BCUT2D eigenvalue weighted by Gasteiger charge is -2.04. The van der Waals surface area contributed by atoms with Crippen LogP contribution in [0.5, 0.6) is 0 Å². The second-order valence-electron chi connectivity index (χ2n) is 7.36. The molecule has 0 fully saturated rings. The van der Waals surface area contributed by atoms with Crippen molar-refractivity contribution in [1.29, 1.82) is 0 Å². The molecule has 11 heteroatoms. The van der Waals surface area contributed by atoms with Crippen molar-refractivity contribution in [3.8, 4) is 0 Å². The van der Waals surface area contributed by atoms with E-state index in [0.717, 1.165) is 12.8 Å². The topological polar surface area (TPSA) is 126 Å². The molecule has 0 aliphatic rings. The minimum Gasteiger partial charge on any atom is -0.333 e. The number of rotatable bonds is 26. The summed E-state index contributed by atoms with van der Waals surface area (Å²) in [5.74, 6) is 0. The van der Waals surface area contributed by atoms with Gasteiger partial charge in [0.25, 0.3) is 0 Å². The Balaban J connectivity index is 3.00. The Morgan fingerprint density at radius 1 is 0.516 bits per heavy atom.